The zero-order valence-electron chi connectivity index (χ0n) is 11.8. The quantitative estimate of drug-likeness (QED) is 0.803. The zero-order valence-corrected chi connectivity index (χ0v) is 11.8. The first-order chi connectivity index (χ1) is 9.15. The molecule has 0 radical (unpaired) electrons. The van der Waals surface area contributed by atoms with Gasteiger partial charge in [0.25, 0.3) is 0 Å². The second kappa shape index (κ2) is 6.43. The van der Waals surface area contributed by atoms with Gasteiger partial charge in [-0.05, 0) is 45.9 Å². The molecule has 0 aliphatic heterocycles. The molecular weight excluding hydrogens is 238 g/mol. The molecule has 0 aliphatic carbocycles. The standard InChI is InChI=1S/C14H21N5/c1-11-9-12(2)19(18-11)8-4-6-15-10-14-5-7-16-13(3)17-14/h5,7,9,15H,4,6,8,10H2,1-3H3. The molecule has 2 rings (SSSR count). The fourth-order valence-corrected chi connectivity index (χ4v) is 2.08. The molecule has 0 bridgehead atoms. The largest absolute Gasteiger partial charge is 0.311 e. The maximum Gasteiger partial charge on any atom is 0.125 e. The Balaban J connectivity index is 1.69. The Morgan fingerprint density at radius 3 is 2.79 bits per heavy atom. The number of nitrogens with zero attached hydrogens (tertiary/aromatic N) is 4. The first kappa shape index (κ1) is 13.7. The lowest BCUT2D eigenvalue weighted by Crippen LogP contribution is -2.18. The summed E-state index contributed by atoms with van der Waals surface area (Å²) in [7, 11) is 0. The van der Waals surface area contributed by atoms with E-state index >= 15 is 0 Å². The third-order valence-electron chi connectivity index (χ3n) is 2.97. The van der Waals surface area contributed by atoms with Gasteiger partial charge in [0, 0.05) is 25.0 Å². The Bertz CT molecular complexity index is 532. The predicted octanol–water partition coefficient (Wildman–Crippen LogP) is 1.78. The molecule has 0 unspecified atom stereocenters. The lowest BCUT2D eigenvalue weighted by molar-refractivity contribution is 0.530. The smallest absolute Gasteiger partial charge is 0.125 e. The van der Waals surface area contributed by atoms with Gasteiger partial charge in [-0.15, -0.1) is 0 Å². The number of hydrogen-bond donors (Lipinski definition) is 1. The van der Waals surface area contributed by atoms with Crippen molar-refractivity contribution in [3.63, 3.8) is 0 Å². The maximum atomic E-state index is 4.45. The lowest BCUT2D eigenvalue weighted by atomic mass is 10.3. The average molecular weight is 259 g/mol. The third-order valence-corrected chi connectivity index (χ3v) is 2.97. The molecule has 1 N–H and O–H groups in total. The Labute approximate surface area is 114 Å². The van der Waals surface area contributed by atoms with Crippen LogP contribution in [0.5, 0.6) is 0 Å². The molecule has 0 aromatic carbocycles. The van der Waals surface area contributed by atoms with Crippen molar-refractivity contribution in [2.75, 3.05) is 6.54 Å². The molecule has 0 saturated carbocycles. The van der Waals surface area contributed by atoms with Gasteiger partial charge < -0.3 is 5.32 Å². The predicted molar refractivity (Wildman–Crippen MR) is 74.8 cm³/mol. The fraction of sp³-hybridized carbons (Fsp3) is 0.500. The minimum absolute atomic E-state index is 0.792. The Morgan fingerprint density at radius 1 is 1.26 bits per heavy atom. The normalized spacial score (nSPS) is 10.9. The number of rotatable bonds is 6. The zero-order chi connectivity index (χ0) is 13.7. The van der Waals surface area contributed by atoms with Gasteiger partial charge in [0.05, 0.1) is 11.4 Å². The van der Waals surface area contributed by atoms with Gasteiger partial charge in [-0.25, -0.2) is 9.97 Å². The van der Waals surface area contributed by atoms with Crippen molar-refractivity contribution in [2.24, 2.45) is 0 Å². The van der Waals surface area contributed by atoms with E-state index in [-0.39, 0.29) is 0 Å². The summed E-state index contributed by atoms with van der Waals surface area (Å²) in [5.74, 6) is 0.821. The van der Waals surface area contributed by atoms with E-state index in [1.165, 1.54) is 5.69 Å². The van der Waals surface area contributed by atoms with E-state index in [2.05, 4.69) is 38.1 Å². The maximum absolute atomic E-state index is 4.45. The Kier molecular flexibility index (Phi) is 4.63. The number of aryl methyl sites for hydroxylation is 4. The summed E-state index contributed by atoms with van der Waals surface area (Å²) in [6, 6.07) is 4.05. The number of nitrogens with one attached hydrogen (secondary N) is 1. The van der Waals surface area contributed by atoms with Gasteiger partial charge in [0.1, 0.15) is 5.82 Å². The van der Waals surface area contributed by atoms with Crippen LogP contribution in [0, 0.1) is 20.8 Å². The van der Waals surface area contributed by atoms with E-state index in [9.17, 15) is 0 Å². The monoisotopic (exact) mass is 259 g/mol. The summed E-state index contributed by atoms with van der Waals surface area (Å²) in [5.41, 5.74) is 3.35. The van der Waals surface area contributed by atoms with Gasteiger partial charge in [-0.3, -0.25) is 4.68 Å². The van der Waals surface area contributed by atoms with Crippen molar-refractivity contribution in [1.29, 1.82) is 0 Å². The number of hydrogen-bond acceptors (Lipinski definition) is 4. The highest BCUT2D eigenvalue weighted by Gasteiger charge is 2.00. The van der Waals surface area contributed by atoms with Crippen LogP contribution < -0.4 is 5.32 Å². The number of aromatic nitrogens is 4. The Morgan fingerprint density at radius 2 is 2.11 bits per heavy atom. The topological polar surface area (TPSA) is 55.6 Å². The SMILES string of the molecule is Cc1cc(C)n(CCCNCc2ccnc(C)n2)n1. The van der Waals surface area contributed by atoms with Crippen LogP contribution in [0.4, 0.5) is 0 Å². The van der Waals surface area contributed by atoms with Crippen LogP contribution >= 0.6 is 0 Å². The van der Waals surface area contributed by atoms with Gasteiger partial charge in [-0.1, -0.05) is 0 Å². The van der Waals surface area contributed by atoms with E-state index < -0.39 is 0 Å². The van der Waals surface area contributed by atoms with Crippen molar-refractivity contribution in [3.8, 4) is 0 Å². The van der Waals surface area contributed by atoms with Crippen LogP contribution in [0.15, 0.2) is 18.3 Å². The molecule has 0 spiro atoms. The first-order valence-electron chi connectivity index (χ1n) is 6.65. The molecular formula is C14H21N5. The fourth-order valence-electron chi connectivity index (χ4n) is 2.08. The highest BCUT2D eigenvalue weighted by molar-refractivity contribution is 5.06. The molecule has 102 valence electrons. The minimum atomic E-state index is 0.792. The molecule has 0 amide bonds. The van der Waals surface area contributed by atoms with Crippen LogP contribution in [0.25, 0.3) is 0 Å². The van der Waals surface area contributed by atoms with Crippen molar-refractivity contribution < 1.29 is 0 Å². The van der Waals surface area contributed by atoms with E-state index in [1.54, 1.807) is 6.20 Å². The van der Waals surface area contributed by atoms with Gasteiger partial charge in [0.15, 0.2) is 0 Å². The van der Waals surface area contributed by atoms with E-state index in [0.717, 1.165) is 43.3 Å². The second-order valence-electron chi connectivity index (χ2n) is 4.78. The van der Waals surface area contributed by atoms with Crippen LogP contribution in [0.1, 0.15) is 29.3 Å². The summed E-state index contributed by atoms with van der Waals surface area (Å²) in [4.78, 5) is 8.44. The Hall–Kier alpha value is -1.75. The molecule has 0 aliphatic rings. The van der Waals surface area contributed by atoms with Crippen molar-refractivity contribution in [3.05, 3.63) is 41.2 Å². The summed E-state index contributed by atoms with van der Waals surface area (Å²) in [5, 5.41) is 7.84. The van der Waals surface area contributed by atoms with Crippen molar-refractivity contribution in [1.82, 2.24) is 25.1 Å². The molecule has 2 aromatic rings. The highest BCUT2D eigenvalue weighted by Crippen LogP contribution is 2.02. The van der Waals surface area contributed by atoms with Crippen LogP contribution in [-0.2, 0) is 13.1 Å². The van der Waals surface area contributed by atoms with Crippen molar-refractivity contribution in [2.45, 2.75) is 40.3 Å². The van der Waals surface area contributed by atoms with E-state index in [1.807, 2.05) is 19.9 Å². The van der Waals surface area contributed by atoms with Crippen LogP contribution in [0.3, 0.4) is 0 Å². The first-order valence-corrected chi connectivity index (χ1v) is 6.65. The lowest BCUT2D eigenvalue weighted by Gasteiger charge is -2.06. The summed E-state index contributed by atoms with van der Waals surface area (Å²) < 4.78 is 2.06. The minimum Gasteiger partial charge on any atom is -0.311 e. The molecule has 5 heteroatoms. The molecule has 5 nitrogen and oxygen atoms in total. The van der Waals surface area contributed by atoms with Gasteiger partial charge in [-0.2, -0.15) is 5.10 Å². The summed E-state index contributed by atoms with van der Waals surface area (Å²) >= 11 is 0. The second-order valence-corrected chi connectivity index (χ2v) is 4.78. The third kappa shape index (κ3) is 4.13. The van der Waals surface area contributed by atoms with Crippen LogP contribution in [0.2, 0.25) is 0 Å². The molecule has 0 atom stereocenters. The van der Waals surface area contributed by atoms with Gasteiger partial charge in [0.2, 0.25) is 0 Å². The van der Waals surface area contributed by atoms with Gasteiger partial charge >= 0.3 is 0 Å². The summed E-state index contributed by atoms with van der Waals surface area (Å²) in [6.07, 6.45) is 2.86. The molecule has 2 aromatic heterocycles. The average Bonchev–Trinajstić information content (AvgIpc) is 2.68. The van der Waals surface area contributed by atoms with E-state index in [0.29, 0.717) is 0 Å². The molecule has 0 saturated heterocycles. The summed E-state index contributed by atoms with van der Waals surface area (Å²) in [6.45, 7) is 8.74. The van der Waals surface area contributed by atoms with E-state index in [4.69, 9.17) is 0 Å². The molecule has 0 fully saturated rings. The highest BCUT2D eigenvalue weighted by atomic mass is 15.3. The van der Waals surface area contributed by atoms with Crippen molar-refractivity contribution >= 4 is 0 Å². The molecule has 19 heavy (non-hydrogen) atoms. The molecule has 2 heterocycles. The van der Waals surface area contributed by atoms with Crippen LogP contribution in [-0.4, -0.2) is 26.3 Å².